The van der Waals surface area contributed by atoms with Crippen LogP contribution in [0.25, 0.3) is 0 Å². The summed E-state index contributed by atoms with van der Waals surface area (Å²) in [6.07, 6.45) is 11.4. The van der Waals surface area contributed by atoms with Gasteiger partial charge in [-0.15, -0.1) is 0 Å². The Hall–Kier alpha value is -0.470. The highest BCUT2D eigenvalue weighted by Gasteiger charge is 2.30. The molecule has 0 bridgehead atoms. The Morgan fingerprint density at radius 2 is 1.41 bits per heavy atom. The lowest BCUT2D eigenvalue weighted by Crippen LogP contribution is -2.25. The van der Waals surface area contributed by atoms with Gasteiger partial charge in [0.05, 0.1) is 0 Å². The topological polar surface area (TPSA) is 0 Å². The second-order valence-corrected chi connectivity index (χ2v) is 7.50. The molecule has 0 aliphatic heterocycles. The second kappa shape index (κ2) is 8.40. The molecule has 2 fully saturated rings. The fraction of sp³-hybridized carbons (Fsp3) is 0.895. The highest BCUT2D eigenvalue weighted by atomic mass is 19.4. The molecule has 0 aromatic rings. The summed E-state index contributed by atoms with van der Waals surface area (Å²) in [5.74, 6) is 2.73. The molecule has 128 valence electrons. The van der Waals surface area contributed by atoms with Crippen LogP contribution < -0.4 is 0 Å². The van der Waals surface area contributed by atoms with E-state index in [9.17, 15) is 13.2 Å². The Morgan fingerprint density at radius 3 is 1.91 bits per heavy atom. The minimum Gasteiger partial charge on any atom is -0.167 e. The van der Waals surface area contributed by atoms with Crippen molar-refractivity contribution >= 4 is 0 Å². The summed E-state index contributed by atoms with van der Waals surface area (Å²) in [6.45, 7) is 2.26. The Bertz CT molecular complexity index is 329. The van der Waals surface area contributed by atoms with Crippen molar-refractivity contribution in [1.82, 2.24) is 0 Å². The highest BCUT2D eigenvalue weighted by molar-refractivity contribution is 4.96. The number of hydrogen-bond donors (Lipinski definition) is 0. The molecule has 0 N–H and O–H groups in total. The summed E-state index contributed by atoms with van der Waals surface area (Å²) >= 11 is 0. The van der Waals surface area contributed by atoms with Crippen LogP contribution in [0.15, 0.2) is 12.2 Å². The van der Waals surface area contributed by atoms with Crippen LogP contribution in [0.1, 0.15) is 77.6 Å². The molecular weight excluding hydrogens is 285 g/mol. The van der Waals surface area contributed by atoms with Crippen molar-refractivity contribution in [3.8, 4) is 0 Å². The molecular formula is C19H31F3. The first-order chi connectivity index (χ1) is 10.5. The van der Waals surface area contributed by atoms with Crippen molar-refractivity contribution in [2.45, 2.75) is 83.7 Å². The molecule has 0 heterocycles. The molecule has 0 amide bonds. The average Bonchev–Trinajstić information content (AvgIpc) is 2.51. The number of alkyl halides is 3. The number of halogens is 3. The third kappa shape index (κ3) is 5.96. The Labute approximate surface area is 133 Å². The molecule has 3 heteroatoms. The van der Waals surface area contributed by atoms with Gasteiger partial charge in [0.15, 0.2) is 0 Å². The lowest BCUT2D eigenvalue weighted by Gasteiger charge is -2.37. The average molecular weight is 316 g/mol. The fourth-order valence-electron chi connectivity index (χ4n) is 4.50. The largest absolute Gasteiger partial charge is 0.409 e. The van der Waals surface area contributed by atoms with Crippen molar-refractivity contribution < 1.29 is 13.2 Å². The maximum atomic E-state index is 12.2. The van der Waals surface area contributed by atoms with E-state index in [1.54, 1.807) is 0 Å². The Kier molecular flexibility index (Phi) is 6.83. The minimum absolute atomic E-state index is 0.152. The van der Waals surface area contributed by atoms with Crippen LogP contribution in [0.3, 0.4) is 0 Å². The van der Waals surface area contributed by atoms with Gasteiger partial charge in [0.25, 0.3) is 0 Å². The first-order valence-electron chi connectivity index (χ1n) is 9.24. The van der Waals surface area contributed by atoms with Gasteiger partial charge in [-0.25, -0.2) is 0 Å². The lowest BCUT2D eigenvalue weighted by atomic mass is 9.68. The third-order valence-corrected chi connectivity index (χ3v) is 5.90. The van der Waals surface area contributed by atoms with E-state index in [-0.39, 0.29) is 5.92 Å². The summed E-state index contributed by atoms with van der Waals surface area (Å²) in [6, 6.07) is 0. The van der Waals surface area contributed by atoms with Gasteiger partial charge in [-0.05, 0) is 62.2 Å². The maximum absolute atomic E-state index is 12.2. The summed E-state index contributed by atoms with van der Waals surface area (Å²) in [5.41, 5.74) is 0. The van der Waals surface area contributed by atoms with Gasteiger partial charge >= 0.3 is 6.18 Å². The van der Waals surface area contributed by atoms with E-state index < -0.39 is 6.18 Å². The van der Waals surface area contributed by atoms with Crippen molar-refractivity contribution in [1.29, 1.82) is 0 Å². The van der Waals surface area contributed by atoms with E-state index in [1.807, 2.05) is 0 Å². The van der Waals surface area contributed by atoms with E-state index in [4.69, 9.17) is 0 Å². The molecule has 0 spiro atoms. The first kappa shape index (κ1) is 17.9. The van der Waals surface area contributed by atoms with Crippen LogP contribution in [0.4, 0.5) is 13.2 Å². The zero-order valence-corrected chi connectivity index (χ0v) is 13.9. The molecule has 2 saturated carbocycles. The molecule has 0 aromatic heterocycles. The zero-order chi connectivity index (χ0) is 16.0. The van der Waals surface area contributed by atoms with Crippen molar-refractivity contribution in [3.05, 3.63) is 12.2 Å². The molecule has 0 unspecified atom stereocenters. The Balaban J connectivity index is 1.68. The first-order valence-corrected chi connectivity index (χ1v) is 9.24. The predicted molar refractivity (Wildman–Crippen MR) is 85.6 cm³/mol. The molecule has 0 radical (unpaired) electrons. The van der Waals surface area contributed by atoms with Gasteiger partial charge in [0, 0.05) is 6.08 Å². The normalized spacial score (nSPS) is 34.2. The monoisotopic (exact) mass is 316 g/mol. The Morgan fingerprint density at radius 1 is 0.864 bits per heavy atom. The van der Waals surface area contributed by atoms with Crippen LogP contribution in [0, 0.1) is 23.7 Å². The lowest BCUT2D eigenvalue weighted by molar-refractivity contribution is -0.0803. The van der Waals surface area contributed by atoms with Crippen molar-refractivity contribution in [2.24, 2.45) is 23.7 Å². The van der Waals surface area contributed by atoms with E-state index in [1.165, 1.54) is 51.0 Å². The SMILES string of the molecule is CCCCC1CCC(C2CCC(C=CC(F)(F)F)CC2)CC1. The van der Waals surface area contributed by atoms with Gasteiger partial charge in [-0.1, -0.05) is 45.1 Å². The molecule has 2 aliphatic rings. The predicted octanol–water partition coefficient (Wildman–Crippen LogP) is 6.91. The molecule has 0 nitrogen and oxygen atoms in total. The highest BCUT2D eigenvalue weighted by Crippen LogP contribution is 2.42. The zero-order valence-electron chi connectivity index (χ0n) is 13.9. The van der Waals surface area contributed by atoms with E-state index >= 15 is 0 Å². The molecule has 22 heavy (non-hydrogen) atoms. The van der Waals surface area contributed by atoms with E-state index in [0.29, 0.717) is 6.08 Å². The summed E-state index contributed by atoms with van der Waals surface area (Å²) in [4.78, 5) is 0. The van der Waals surface area contributed by atoms with Crippen molar-refractivity contribution in [2.75, 3.05) is 0 Å². The van der Waals surface area contributed by atoms with Crippen LogP contribution in [-0.4, -0.2) is 6.18 Å². The third-order valence-electron chi connectivity index (χ3n) is 5.90. The van der Waals surface area contributed by atoms with Gasteiger partial charge in [0.2, 0.25) is 0 Å². The second-order valence-electron chi connectivity index (χ2n) is 7.50. The number of hydrogen-bond acceptors (Lipinski definition) is 0. The van der Waals surface area contributed by atoms with Gasteiger partial charge in [-0.3, -0.25) is 0 Å². The number of rotatable bonds is 5. The number of allylic oxidation sites excluding steroid dienone is 2. The van der Waals surface area contributed by atoms with Crippen molar-refractivity contribution in [3.63, 3.8) is 0 Å². The summed E-state index contributed by atoms with van der Waals surface area (Å²) in [7, 11) is 0. The molecule has 0 saturated heterocycles. The van der Waals surface area contributed by atoms with E-state index in [2.05, 4.69) is 6.92 Å². The molecule has 2 aliphatic carbocycles. The van der Waals surface area contributed by atoms with Gasteiger partial charge in [0.1, 0.15) is 0 Å². The molecule has 0 aromatic carbocycles. The minimum atomic E-state index is -4.15. The molecule has 0 atom stereocenters. The summed E-state index contributed by atoms with van der Waals surface area (Å²) in [5, 5.41) is 0. The standard InChI is InChI=1S/C19H31F3/c1-2-3-4-15-5-9-17(10-6-15)18-11-7-16(8-12-18)13-14-19(20,21)22/h13-18H,2-12H2,1H3. The van der Waals surface area contributed by atoms with Crippen LogP contribution in [0.5, 0.6) is 0 Å². The van der Waals surface area contributed by atoms with E-state index in [0.717, 1.165) is 43.4 Å². The summed E-state index contributed by atoms with van der Waals surface area (Å²) < 4.78 is 36.6. The smallest absolute Gasteiger partial charge is 0.167 e. The quantitative estimate of drug-likeness (QED) is 0.483. The van der Waals surface area contributed by atoms with Crippen LogP contribution in [0.2, 0.25) is 0 Å². The van der Waals surface area contributed by atoms with Gasteiger partial charge in [-0.2, -0.15) is 13.2 Å². The number of unbranched alkanes of at least 4 members (excludes halogenated alkanes) is 1. The van der Waals surface area contributed by atoms with Crippen LogP contribution >= 0.6 is 0 Å². The van der Waals surface area contributed by atoms with Crippen LogP contribution in [-0.2, 0) is 0 Å². The molecule has 2 rings (SSSR count). The maximum Gasteiger partial charge on any atom is 0.409 e. The van der Waals surface area contributed by atoms with Gasteiger partial charge < -0.3 is 0 Å². The fourth-order valence-corrected chi connectivity index (χ4v) is 4.50.